The van der Waals surface area contributed by atoms with Crippen molar-refractivity contribution in [2.24, 2.45) is 5.73 Å². The molecule has 3 atom stereocenters. The number of aromatic amines is 2. The number of hydrogen-bond acceptors (Lipinski definition) is 7. The van der Waals surface area contributed by atoms with Gasteiger partial charge in [-0.1, -0.05) is 0 Å². The molecule has 0 saturated carbocycles. The minimum Gasteiger partial charge on any atom is -0.480 e. The molecule has 0 aromatic carbocycles. The van der Waals surface area contributed by atoms with Crippen LogP contribution in [0.25, 0.3) is 0 Å². The molecule has 2 rings (SSSR count). The summed E-state index contributed by atoms with van der Waals surface area (Å²) >= 11 is 0. The van der Waals surface area contributed by atoms with Crippen molar-refractivity contribution < 1.29 is 24.3 Å². The largest absolute Gasteiger partial charge is 0.480 e. The predicted octanol–water partition coefficient (Wildman–Crippen LogP) is -2.56. The molecule has 0 aliphatic rings. The highest BCUT2D eigenvalue weighted by atomic mass is 16.4. The molecule has 0 aliphatic carbocycles. The van der Waals surface area contributed by atoms with Crippen molar-refractivity contribution >= 4 is 23.7 Å². The van der Waals surface area contributed by atoms with Crippen molar-refractivity contribution in [1.29, 1.82) is 0 Å². The first-order valence-electron chi connectivity index (χ1n) is 9.06. The van der Waals surface area contributed by atoms with Crippen LogP contribution in [0.2, 0.25) is 0 Å². The van der Waals surface area contributed by atoms with Gasteiger partial charge in [-0.25, -0.2) is 14.8 Å². The molecule has 3 amide bonds. The van der Waals surface area contributed by atoms with E-state index in [1.54, 1.807) is 0 Å². The Kier molecular flexibility index (Phi) is 8.05. The number of imidazole rings is 2. The average molecular weight is 420 g/mol. The number of carboxylic acids is 1. The second-order valence-electron chi connectivity index (χ2n) is 6.59. The number of aliphatic carboxylic acids is 1. The van der Waals surface area contributed by atoms with Crippen LogP contribution in [0, 0.1) is 0 Å². The van der Waals surface area contributed by atoms with Crippen LogP contribution in [0.15, 0.2) is 25.0 Å². The molecule has 13 heteroatoms. The molecule has 162 valence electrons. The molecule has 2 heterocycles. The Labute approximate surface area is 171 Å². The summed E-state index contributed by atoms with van der Waals surface area (Å²) < 4.78 is 0. The Morgan fingerprint density at radius 2 is 1.57 bits per heavy atom. The number of carbonyl (C=O) groups is 4. The number of carbonyl (C=O) groups excluding carboxylic acids is 3. The van der Waals surface area contributed by atoms with Gasteiger partial charge >= 0.3 is 5.97 Å². The summed E-state index contributed by atoms with van der Waals surface area (Å²) in [5.74, 6) is -3.11. The predicted molar refractivity (Wildman–Crippen MR) is 103 cm³/mol. The van der Waals surface area contributed by atoms with Crippen molar-refractivity contribution in [3.8, 4) is 0 Å². The van der Waals surface area contributed by atoms with E-state index >= 15 is 0 Å². The Hall–Kier alpha value is -3.74. The standard InChI is InChI=1S/C17H24N8O5/c1-9(18)15(27)21-6-14(26)24-12(2-10-4-19-7-22-10)16(28)25-13(17(29)30)3-11-5-20-8-23-11/h4-5,7-9,12-13H,2-3,6,18H2,1H3,(H,19,22)(H,20,23)(H,21,27)(H,24,26)(H,25,28)(H,29,30). The number of H-pyrrole nitrogens is 2. The number of aromatic nitrogens is 4. The van der Waals surface area contributed by atoms with E-state index in [0.29, 0.717) is 11.4 Å². The molecular formula is C17H24N8O5. The van der Waals surface area contributed by atoms with E-state index in [2.05, 4.69) is 35.9 Å². The molecule has 0 radical (unpaired) electrons. The molecule has 3 unspecified atom stereocenters. The summed E-state index contributed by atoms with van der Waals surface area (Å²) in [5, 5.41) is 16.7. The lowest BCUT2D eigenvalue weighted by Crippen LogP contribution is -2.54. The molecule has 13 nitrogen and oxygen atoms in total. The molecule has 0 saturated heterocycles. The van der Waals surface area contributed by atoms with Gasteiger partial charge in [-0.15, -0.1) is 0 Å². The van der Waals surface area contributed by atoms with Gasteiger partial charge in [0.05, 0.1) is 25.2 Å². The molecule has 2 aromatic rings. The monoisotopic (exact) mass is 420 g/mol. The quantitative estimate of drug-likeness (QED) is 0.205. The lowest BCUT2D eigenvalue weighted by Gasteiger charge is -2.21. The second kappa shape index (κ2) is 10.7. The summed E-state index contributed by atoms with van der Waals surface area (Å²) in [4.78, 5) is 61.2. The van der Waals surface area contributed by atoms with Gasteiger partial charge in [0.2, 0.25) is 17.7 Å². The smallest absolute Gasteiger partial charge is 0.326 e. The summed E-state index contributed by atoms with van der Waals surface area (Å²) in [6.45, 7) is 1.08. The summed E-state index contributed by atoms with van der Waals surface area (Å²) in [6.07, 6.45) is 5.75. The van der Waals surface area contributed by atoms with Gasteiger partial charge in [0, 0.05) is 36.6 Å². The number of nitrogens with two attached hydrogens (primary N) is 1. The van der Waals surface area contributed by atoms with E-state index in [4.69, 9.17) is 5.73 Å². The maximum atomic E-state index is 12.7. The molecule has 0 bridgehead atoms. The van der Waals surface area contributed by atoms with E-state index in [-0.39, 0.29) is 19.4 Å². The summed E-state index contributed by atoms with van der Waals surface area (Å²) in [5.41, 5.74) is 6.49. The summed E-state index contributed by atoms with van der Waals surface area (Å²) in [6, 6.07) is -3.13. The van der Waals surface area contributed by atoms with Gasteiger partial charge in [0.15, 0.2) is 0 Å². The van der Waals surface area contributed by atoms with Crippen LogP contribution in [0.3, 0.4) is 0 Å². The SMILES string of the molecule is CC(N)C(=O)NCC(=O)NC(Cc1cnc[nH]1)C(=O)NC(Cc1cnc[nH]1)C(=O)O. The Bertz CT molecular complexity index is 850. The van der Waals surface area contributed by atoms with Crippen LogP contribution < -0.4 is 21.7 Å². The van der Waals surface area contributed by atoms with Crippen molar-refractivity contribution in [3.63, 3.8) is 0 Å². The maximum Gasteiger partial charge on any atom is 0.326 e. The van der Waals surface area contributed by atoms with Crippen molar-refractivity contribution in [1.82, 2.24) is 35.9 Å². The maximum absolute atomic E-state index is 12.7. The summed E-state index contributed by atoms with van der Waals surface area (Å²) in [7, 11) is 0. The van der Waals surface area contributed by atoms with Crippen molar-refractivity contribution in [2.75, 3.05) is 6.54 Å². The van der Waals surface area contributed by atoms with Gasteiger partial charge < -0.3 is 36.8 Å². The van der Waals surface area contributed by atoms with Crippen LogP contribution in [0.4, 0.5) is 0 Å². The number of nitrogens with one attached hydrogen (secondary N) is 5. The van der Waals surface area contributed by atoms with Gasteiger partial charge in [-0.2, -0.15) is 0 Å². The van der Waals surface area contributed by atoms with Crippen LogP contribution >= 0.6 is 0 Å². The third-order valence-corrected chi connectivity index (χ3v) is 4.06. The molecule has 2 aromatic heterocycles. The van der Waals surface area contributed by atoms with Crippen LogP contribution in [-0.2, 0) is 32.0 Å². The van der Waals surface area contributed by atoms with Crippen molar-refractivity contribution in [3.05, 3.63) is 36.4 Å². The molecule has 0 spiro atoms. The number of rotatable bonds is 11. The number of carboxylic acid groups (broad SMARTS) is 1. The Balaban J connectivity index is 2.04. The third-order valence-electron chi connectivity index (χ3n) is 4.06. The molecule has 8 N–H and O–H groups in total. The lowest BCUT2D eigenvalue weighted by molar-refractivity contribution is -0.142. The fraction of sp³-hybridized carbons (Fsp3) is 0.412. The van der Waals surface area contributed by atoms with E-state index in [0.717, 1.165) is 0 Å². The molecule has 0 aliphatic heterocycles. The van der Waals surface area contributed by atoms with Crippen LogP contribution in [0.5, 0.6) is 0 Å². The zero-order valence-electron chi connectivity index (χ0n) is 16.2. The number of nitrogens with zero attached hydrogens (tertiary/aromatic N) is 2. The third kappa shape index (κ3) is 7.01. The fourth-order valence-corrected chi connectivity index (χ4v) is 2.49. The number of amides is 3. The van der Waals surface area contributed by atoms with Gasteiger partial charge in [-0.05, 0) is 6.92 Å². The zero-order chi connectivity index (χ0) is 22.1. The van der Waals surface area contributed by atoms with Crippen molar-refractivity contribution in [2.45, 2.75) is 37.9 Å². The number of hydrogen-bond donors (Lipinski definition) is 7. The van der Waals surface area contributed by atoms with Crippen LogP contribution in [0.1, 0.15) is 18.3 Å². The van der Waals surface area contributed by atoms with E-state index in [1.165, 1.54) is 32.0 Å². The van der Waals surface area contributed by atoms with Gasteiger partial charge in [-0.3, -0.25) is 14.4 Å². The Morgan fingerprint density at radius 1 is 1.00 bits per heavy atom. The highest BCUT2D eigenvalue weighted by Crippen LogP contribution is 2.03. The average Bonchev–Trinajstić information content (AvgIpc) is 3.38. The highest BCUT2D eigenvalue weighted by molar-refractivity contribution is 5.92. The van der Waals surface area contributed by atoms with Crippen LogP contribution in [-0.4, -0.2) is 73.4 Å². The second-order valence-corrected chi connectivity index (χ2v) is 6.59. The minimum absolute atomic E-state index is 0.0176. The first-order valence-corrected chi connectivity index (χ1v) is 9.06. The van der Waals surface area contributed by atoms with Gasteiger partial charge in [0.25, 0.3) is 0 Å². The Morgan fingerprint density at radius 3 is 2.03 bits per heavy atom. The minimum atomic E-state index is -1.24. The normalized spacial score (nSPS) is 13.7. The molecule has 0 fully saturated rings. The first kappa shape index (κ1) is 22.5. The first-order chi connectivity index (χ1) is 14.3. The van der Waals surface area contributed by atoms with Gasteiger partial charge in [0.1, 0.15) is 12.1 Å². The van der Waals surface area contributed by atoms with E-state index in [1.807, 2.05) is 0 Å². The van der Waals surface area contributed by atoms with E-state index in [9.17, 15) is 24.3 Å². The fourth-order valence-electron chi connectivity index (χ4n) is 2.49. The molecule has 30 heavy (non-hydrogen) atoms. The lowest BCUT2D eigenvalue weighted by atomic mass is 10.1. The molecular weight excluding hydrogens is 396 g/mol. The van der Waals surface area contributed by atoms with E-state index < -0.39 is 41.8 Å². The zero-order valence-corrected chi connectivity index (χ0v) is 16.2. The highest BCUT2D eigenvalue weighted by Gasteiger charge is 2.27. The topological polar surface area (TPSA) is 208 Å².